The molecule has 1 aromatic carbocycles. The van der Waals surface area contributed by atoms with E-state index in [1.807, 2.05) is 13.0 Å². The predicted molar refractivity (Wildman–Crippen MR) is 63.9 cm³/mol. The zero-order valence-corrected chi connectivity index (χ0v) is 10.2. The summed E-state index contributed by atoms with van der Waals surface area (Å²) in [5, 5.41) is 13.4. The molecule has 0 aliphatic carbocycles. The van der Waals surface area contributed by atoms with Gasteiger partial charge in [0.2, 0.25) is 0 Å². The summed E-state index contributed by atoms with van der Waals surface area (Å²) < 4.78 is 13.2. The summed E-state index contributed by atoms with van der Waals surface area (Å²) in [6.45, 7) is 6.87. The Balaban J connectivity index is 2.80. The highest BCUT2D eigenvalue weighted by Crippen LogP contribution is 2.22. The van der Waals surface area contributed by atoms with Crippen molar-refractivity contribution in [2.24, 2.45) is 0 Å². The topological polar surface area (TPSA) is 32.3 Å². The number of nitrogens with one attached hydrogen (secondary N) is 1. The van der Waals surface area contributed by atoms with Crippen molar-refractivity contribution in [3.63, 3.8) is 0 Å². The molecule has 2 nitrogen and oxygen atoms in total. The number of aliphatic hydroxyl groups is 1. The fourth-order valence-corrected chi connectivity index (χ4v) is 1.66. The Morgan fingerprint density at radius 2 is 2.06 bits per heavy atom. The molecule has 16 heavy (non-hydrogen) atoms. The molecule has 0 bridgehead atoms. The fraction of sp³-hybridized carbons (Fsp3) is 0.538. The molecule has 2 N–H and O–H groups in total. The number of rotatable bonds is 5. The van der Waals surface area contributed by atoms with Crippen molar-refractivity contribution in [3.05, 3.63) is 35.1 Å². The molecule has 1 atom stereocenters. The zero-order chi connectivity index (χ0) is 12.2. The van der Waals surface area contributed by atoms with Crippen LogP contribution in [0.25, 0.3) is 0 Å². The summed E-state index contributed by atoms with van der Waals surface area (Å²) in [6, 6.07) is 4.66. The quantitative estimate of drug-likeness (QED) is 0.754. The molecule has 0 aliphatic rings. The Bertz CT molecular complexity index is 330. The molecule has 1 rings (SSSR count). The molecular formula is C13H20FNO. The van der Waals surface area contributed by atoms with Gasteiger partial charge in [0.15, 0.2) is 0 Å². The van der Waals surface area contributed by atoms with Crippen molar-refractivity contribution in [2.45, 2.75) is 32.8 Å². The number of hydrogen-bond donors (Lipinski definition) is 2. The molecule has 3 heteroatoms. The lowest BCUT2D eigenvalue weighted by molar-refractivity contribution is 0.0568. The van der Waals surface area contributed by atoms with Crippen LogP contribution in [0, 0.1) is 12.7 Å². The average Bonchev–Trinajstić information content (AvgIpc) is 2.16. The molecule has 0 aromatic heterocycles. The van der Waals surface area contributed by atoms with Gasteiger partial charge in [-0.1, -0.05) is 13.0 Å². The zero-order valence-electron chi connectivity index (χ0n) is 10.2. The van der Waals surface area contributed by atoms with Crippen molar-refractivity contribution in [1.82, 2.24) is 5.32 Å². The van der Waals surface area contributed by atoms with Crippen LogP contribution in [0.3, 0.4) is 0 Å². The van der Waals surface area contributed by atoms with E-state index in [0.717, 1.165) is 18.5 Å². The van der Waals surface area contributed by atoms with Crippen LogP contribution in [0.4, 0.5) is 4.39 Å². The van der Waals surface area contributed by atoms with E-state index in [0.29, 0.717) is 12.1 Å². The van der Waals surface area contributed by atoms with E-state index in [9.17, 15) is 9.50 Å². The lowest BCUT2D eigenvalue weighted by Gasteiger charge is -2.24. The number of hydrogen-bond acceptors (Lipinski definition) is 2. The van der Waals surface area contributed by atoms with Gasteiger partial charge in [-0.05, 0) is 50.1 Å². The van der Waals surface area contributed by atoms with Crippen molar-refractivity contribution in [2.75, 3.05) is 13.1 Å². The summed E-state index contributed by atoms with van der Waals surface area (Å²) in [5.41, 5.74) is 0.418. The van der Waals surface area contributed by atoms with Gasteiger partial charge in [0.25, 0.3) is 0 Å². The van der Waals surface area contributed by atoms with Crippen molar-refractivity contribution in [1.29, 1.82) is 0 Å². The van der Waals surface area contributed by atoms with E-state index >= 15 is 0 Å². The molecule has 0 saturated heterocycles. The third-order valence-corrected chi connectivity index (χ3v) is 2.56. The van der Waals surface area contributed by atoms with Gasteiger partial charge in [-0.15, -0.1) is 0 Å². The molecule has 0 heterocycles. The molecule has 1 unspecified atom stereocenters. The van der Waals surface area contributed by atoms with E-state index in [1.54, 1.807) is 6.92 Å². The first kappa shape index (κ1) is 13.1. The van der Waals surface area contributed by atoms with Gasteiger partial charge in [-0.3, -0.25) is 0 Å². The minimum atomic E-state index is -1.03. The van der Waals surface area contributed by atoms with Crippen LogP contribution in [-0.4, -0.2) is 18.2 Å². The lowest BCUT2D eigenvalue weighted by atomic mass is 9.94. The maximum absolute atomic E-state index is 13.2. The molecule has 0 radical (unpaired) electrons. The normalized spacial score (nSPS) is 14.8. The van der Waals surface area contributed by atoms with E-state index in [-0.39, 0.29) is 5.82 Å². The van der Waals surface area contributed by atoms with E-state index in [1.165, 1.54) is 12.1 Å². The molecular weight excluding hydrogens is 205 g/mol. The Morgan fingerprint density at radius 1 is 1.38 bits per heavy atom. The van der Waals surface area contributed by atoms with Crippen LogP contribution in [0.15, 0.2) is 18.2 Å². The average molecular weight is 225 g/mol. The largest absolute Gasteiger partial charge is 0.384 e. The monoisotopic (exact) mass is 225 g/mol. The van der Waals surface area contributed by atoms with E-state index in [4.69, 9.17) is 0 Å². The number of aryl methyl sites for hydroxylation is 1. The second-order valence-electron chi connectivity index (χ2n) is 4.47. The van der Waals surface area contributed by atoms with Gasteiger partial charge in [0.05, 0.1) is 5.60 Å². The van der Waals surface area contributed by atoms with Crippen LogP contribution in [-0.2, 0) is 5.60 Å². The summed E-state index contributed by atoms with van der Waals surface area (Å²) in [6.07, 6.45) is 1.01. The maximum atomic E-state index is 13.2. The highest BCUT2D eigenvalue weighted by molar-refractivity contribution is 5.28. The van der Waals surface area contributed by atoms with Crippen molar-refractivity contribution in [3.8, 4) is 0 Å². The van der Waals surface area contributed by atoms with Crippen LogP contribution < -0.4 is 5.32 Å². The predicted octanol–water partition coefficient (Wildman–Crippen LogP) is 2.34. The molecule has 0 aliphatic heterocycles. The third kappa shape index (κ3) is 3.58. The Kier molecular flexibility index (Phi) is 4.44. The van der Waals surface area contributed by atoms with Gasteiger partial charge in [0, 0.05) is 6.54 Å². The number of halogens is 1. The molecule has 1 aromatic rings. The van der Waals surface area contributed by atoms with Gasteiger partial charge in [-0.25, -0.2) is 4.39 Å². The van der Waals surface area contributed by atoms with Crippen molar-refractivity contribution < 1.29 is 9.50 Å². The Labute approximate surface area is 96.5 Å². The van der Waals surface area contributed by atoms with Gasteiger partial charge in [-0.2, -0.15) is 0 Å². The molecule has 90 valence electrons. The second kappa shape index (κ2) is 5.41. The molecule has 0 saturated carbocycles. The summed E-state index contributed by atoms with van der Waals surface area (Å²) >= 11 is 0. The van der Waals surface area contributed by atoms with E-state index in [2.05, 4.69) is 12.2 Å². The van der Waals surface area contributed by atoms with Crippen LogP contribution in [0.1, 0.15) is 31.4 Å². The highest BCUT2D eigenvalue weighted by atomic mass is 19.1. The first-order valence-corrected chi connectivity index (χ1v) is 5.66. The van der Waals surface area contributed by atoms with Crippen LogP contribution in [0.5, 0.6) is 0 Å². The van der Waals surface area contributed by atoms with Crippen LogP contribution in [0.2, 0.25) is 0 Å². The van der Waals surface area contributed by atoms with Crippen molar-refractivity contribution >= 4 is 0 Å². The smallest absolute Gasteiger partial charge is 0.123 e. The lowest BCUT2D eigenvalue weighted by Crippen LogP contribution is -2.35. The summed E-state index contributed by atoms with van der Waals surface area (Å²) in [7, 11) is 0. The number of benzene rings is 1. The molecule has 0 spiro atoms. The fourth-order valence-electron chi connectivity index (χ4n) is 1.66. The minimum absolute atomic E-state index is 0.300. The van der Waals surface area contributed by atoms with E-state index < -0.39 is 5.60 Å². The standard InChI is InChI=1S/C13H20FNO/c1-4-5-15-9-13(3,16)11-6-10(2)7-12(14)8-11/h6-8,15-16H,4-5,9H2,1-3H3. The minimum Gasteiger partial charge on any atom is -0.384 e. The first-order chi connectivity index (χ1) is 7.45. The Morgan fingerprint density at radius 3 is 2.62 bits per heavy atom. The van der Waals surface area contributed by atoms with Gasteiger partial charge in [0.1, 0.15) is 5.82 Å². The summed E-state index contributed by atoms with van der Waals surface area (Å²) in [4.78, 5) is 0. The highest BCUT2D eigenvalue weighted by Gasteiger charge is 2.23. The Hall–Kier alpha value is -0.930. The molecule has 0 amide bonds. The third-order valence-electron chi connectivity index (χ3n) is 2.56. The SMILES string of the molecule is CCCNCC(C)(O)c1cc(C)cc(F)c1. The maximum Gasteiger partial charge on any atom is 0.123 e. The second-order valence-corrected chi connectivity index (χ2v) is 4.47. The first-order valence-electron chi connectivity index (χ1n) is 5.66. The van der Waals surface area contributed by atoms with Crippen LogP contribution >= 0.6 is 0 Å². The summed E-state index contributed by atoms with van der Waals surface area (Å²) in [5.74, 6) is -0.300. The van der Waals surface area contributed by atoms with Gasteiger partial charge >= 0.3 is 0 Å². The molecule has 0 fully saturated rings. The van der Waals surface area contributed by atoms with Gasteiger partial charge < -0.3 is 10.4 Å².